The monoisotopic (exact) mass is 508 g/mol. The zero-order valence-electron chi connectivity index (χ0n) is 20.4. The molecule has 0 bridgehead atoms. The summed E-state index contributed by atoms with van der Waals surface area (Å²) in [6.07, 6.45) is 5.17. The predicted octanol–water partition coefficient (Wildman–Crippen LogP) is 8.54. The minimum atomic E-state index is -0.236. The summed E-state index contributed by atoms with van der Waals surface area (Å²) in [4.78, 5) is 0. The van der Waals surface area contributed by atoms with E-state index in [2.05, 4.69) is 105 Å². The van der Waals surface area contributed by atoms with Crippen LogP contribution in [0, 0.1) is 5.41 Å². The molecule has 0 saturated carbocycles. The molecular weight excluding hydrogens is 472 g/mol. The lowest BCUT2D eigenvalue weighted by Crippen LogP contribution is -2.47. The van der Waals surface area contributed by atoms with Crippen LogP contribution in [0.4, 0.5) is 0 Å². The smallest absolute Gasteiger partial charge is 0.110 e. The van der Waals surface area contributed by atoms with E-state index in [0.29, 0.717) is 13.2 Å². The summed E-state index contributed by atoms with van der Waals surface area (Å²) in [5.41, 5.74) is 5.52. The molecule has 33 heavy (non-hydrogen) atoms. The molecule has 2 aromatic carbocycles. The van der Waals surface area contributed by atoms with E-state index in [-0.39, 0.29) is 17.6 Å². The molecule has 0 aliphatic heterocycles. The first-order chi connectivity index (χ1) is 15.8. The zero-order valence-corrected chi connectivity index (χ0v) is 22.0. The fourth-order valence-corrected chi connectivity index (χ4v) is 5.38. The van der Waals surface area contributed by atoms with Gasteiger partial charge in [-0.3, -0.25) is 0 Å². The number of hydrogen-bond acceptors (Lipinski definition) is 2. The fraction of sp³-hybridized carbons (Fsp3) is 0.400. The Bertz CT molecular complexity index is 973. The van der Waals surface area contributed by atoms with E-state index in [1.54, 1.807) is 0 Å². The third kappa shape index (κ3) is 6.56. The van der Waals surface area contributed by atoms with Crippen molar-refractivity contribution in [3.8, 4) is 0 Å². The van der Waals surface area contributed by atoms with Crippen LogP contribution in [-0.4, -0.2) is 12.2 Å². The maximum atomic E-state index is 6.80. The lowest BCUT2D eigenvalue weighted by Gasteiger charge is -2.44. The summed E-state index contributed by atoms with van der Waals surface area (Å²) >= 11 is 3.91. The SMILES string of the molecule is C=C(C)C(=C(C)C)[C@@H](OCc1ccccc1)[C@H](OCc1ccccc1)[C@]1(C)CCCC=C1Br. The van der Waals surface area contributed by atoms with Gasteiger partial charge in [-0.2, -0.15) is 0 Å². The minimum absolute atomic E-state index is 0.172. The molecule has 0 fully saturated rings. The standard InChI is InChI=1S/C30H37BrO2/c1-22(2)27(23(3)4)28(32-20-24-14-8-6-9-15-24)29(30(5)19-13-12-18-26(30)31)33-21-25-16-10-7-11-17-25/h6-11,14-18,28-29H,1,12-13,19-21H2,2-5H3/t28-,29+,30-/m1/s1. The molecule has 1 aliphatic carbocycles. The normalized spacial score (nSPS) is 20.0. The predicted molar refractivity (Wildman–Crippen MR) is 142 cm³/mol. The number of rotatable bonds is 10. The van der Waals surface area contributed by atoms with Gasteiger partial charge < -0.3 is 9.47 Å². The number of ether oxygens (including phenoxy) is 2. The maximum Gasteiger partial charge on any atom is 0.110 e. The summed E-state index contributed by atoms with van der Waals surface area (Å²) < 4.78 is 14.8. The lowest BCUT2D eigenvalue weighted by molar-refractivity contribution is -0.114. The second-order valence-corrected chi connectivity index (χ2v) is 10.3. The van der Waals surface area contributed by atoms with E-state index in [0.717, 1.165) is 41.5 Å². The van der Waals surface area contributed by atoms with Gasteiger partial charge >= 0.3 is 0 Å². The summed E-state index contributed by atoms with van der Waals surface area (Å²) in [5, 5.41) is 0. The Kier molecular flexibility index (Phi) is 9.31. The van der Waals surface area contributed by atoms with Gasteiger partial charge in [-0.25, -0.2) is 0 Å². The second kappa shape index (κ2) is 12.0. The van der Waals surface area contributed by atoms with Crippen molar-refractivity contribution in [2.45, 2.75) is 72.4 Å². The Balaban J connectivity index is 2.02. The van der Waals surface area contributed by atoms with E-state index >= 15 is 0 Å². The molecule has 0 heterocycles. The Morgan fingerprint density at radius 3 is 1.97 bits per heavy atom. The average molecular weight is 510 g/mol. The Labute approximate surface area is 208 Å². The van der Waals surface area contributed by atoms with Crippen LogP contribution in [0.3, 0.4) is 0 Å². The van der Waals surface area contributed by atoms with Crippen LogP contribution in [0.5, 0.6) is 0 Å². The van der Waals surface area contributed by atoms with Crippen molar-refractivity contribution >= 4 is 15.9 Å². The van der Waals surface area contributed by atoms with Gasteiger partial charge in [0.2, 0.25) is 0 Å². The molecule has 3 atom stereocenters. The maximum absolute atomic E-state index is 6.80. The number of benzene rings is 2. The molecular formula is C30H37BrO2. The van der Waals surface area contributed by atoms with Gasteiger partial charge in [0.1, 0.15) is 6.10 Å². The molecule has 0 saturated heterocycles. The Morgan fingerprint density at radius 1 is 0.939 bits per heavy atom. The van der Waals surface area contributed by atoms with Gasteiger partial charge in [0, 0.05) is 5.41 Å². The van der Waals surface area contributed by atoms with Crippen LogP contribution in [0.1, 0.15) is 58.1 Å². The number of allylic oxidation sites excluding steroid dienone is 2. The molecule has 0 unspecified atom stereocenters. The van der Waals surface area contributed by atoms with Gasteiger partial charge in [-0.15, -0.1) is 0 Å². The molecule has 2 aromatic rings. The zero-order chi connectivity index (χ0) is 23.8. The number of hydrogen-bond donors (Lipinski definition) is 0. The summed E-state index contributed by atoms with van der Waals surface area (Å²) in [7, 11) is 0. The lowest BCUT2D eigenvalue weighted by atomic mass is 9.72. The van der Waals surface area contributed by atoms with E-state index in [9.17, 15) is 0 Å². The Hall–Kier alpha value is -1.94. The van der Waals surface area contributed by atoms with Crippen LogP contribution < -0.4 is 0 Å². The molecule has 3 heteroatoms. The van der Waals surface area contributed by atoms with Gasteiger partial charge in [0.25, 0.3) is 0 Å². The van der Waals surface area contributed by atoms with Crippen LogP contribution in [-0.2, 0) is 22.7 Å². The highest BCUT2D eigenvalue weighted by atomic mass is 79.9. The first-order valence-electron chi connectivity index (χ1n) is 11.8. The molecule has 3 rings (SSSR count). The fourth-order valence-electron chi connectivity index (χ4n) is 4.73. The van der Waals surface area contributed by atoms with E-state index in [1.807, 2.05) is 12.1 Å². The van der Waals surface area contributed by atoms with Gasteiger partial charge in [-0.1, -0.05) is 107 Å². The third-order valence-corrected chi connectivity index (χ3v) is 7.73. The molecule has 0 amide bonds. The minimum Gasteiger partial charge on any atom is -0.370 e. The van der Waals surface area contributed by atoms with Crippen molar-refractivity contribution in [1.82, 2.24) is 0 Å². The van der Waals surface area contributed by atoms with E-state index in [1.165, 1.54) is 10.1 Å². The van der Waals surface area contributed by atoms with Crippen molar-refractivity contribution in [3.05, 3.63) is 106 Å². The molecule has 0 spiro atoms. The van der Waals surface area contributed by atoms with Gasteiger partial charge in [-0.05, 0) is 61.2 Å². The molecule has 0 N–H and O–H groups in total. The second-order valence-electron chi connectivity index (χ2n) is 9.49. The van der Waals surface area contributed by atoms with Crippen molar-refractivity contribution in [1.29, 1.82) is 0 Å². The molecule has 1 aliphatic rings. The van der Waals surface area contributed by atoms with Crippen molar-refractivity contribution in [2.24, 2.45) is 5.41 Å². The van der Waals surface area contributed by atoms with Gasteiger partial charge in [0.15, 0.2) is 0 Å². The van der Waals surface area contributed by atoms with Crippen molar-refractivity contribution in [2.75, 3.05) is 0 Å². The third-order valence-electron chi connectivity index (χ3n) is 6.50. The summed E-state index contributed by atoms with van der Waals surface area (Å²) in [6.45, 7) is 14.1. The molecule has 0 radical (unpaired) electrons. The van der Waals surface area contributed by atoms with E-state index < -0.39 is 0 Å². The molecule has 176 valence electrons. The highest BCUT2D eigenvalue weighted by molar-refractivity contribution is 9.11. The molecule has 0 aromatic heterocycles. The first-order valence-corrected chi connectivity index (χ1v) is 12.6. The highest BCUT2D eigenvalue weighted by Gasteiger charge is 2.45. The van der Waals surface area contributed by atoms with Gasteiger partial charge in [0.05, 0.1) is 19.3 Å². The Morgan fingerprint density at radius 2 is 1.48 bits per heavy atom. The van der Waals surface area contributed by atoms with Crippen LogP contribution in [0.25, 0.3) is 0 Å². The quantitative estimate of drug-likeness (QED) is 0.299. The van der Waals surface area contributed by atoms with Crippen LogP contribution >= 0.6 is 15.9 Å². The topological polar surface area (TPSA) is 18.5 Å². The average Bonchev–Trinajstić information content (AvgIpc) is 2.80. The summed E-state index contributed by atoms with van der Waals surface area (Å²) in [5.74, 6) is 0. The molecule has 2 nitrogen and oxygen atoms in total. The van der Waals surface area contributed by atoms with Crippen molar-refractivity contribution in [3.63, 3.8) is 0 Å². The summed E-state index contributed by atoms with van der Waals surface area (Å²) in [6, 6.07) is 20.8. The van der Waals surface area contributed by atoms with E-state index in [4.69, 9.17) is 9.47 Å². The largest absolute Gasteiger partial charge is 0.370 e. The van der Waals surface area contributed by atoms with Crippen molar-refractivity contribution < 1.29 is 9.47 Å². The highest BCUT2D eigenvalue weighted by Crippen LogP contribution is 2.48. The van der Waals surface area contributed by atoms with Crippen LogP contribution in [0.2, 0.25) is 0 Å². The number of halogens is 1. The van der Waals surface area contributed by atoms with Crippen LogP contribution in [0.15, 0.2) is 94.5 Å². The first kappa shape index (κ1) is 25.7.